The normalized spacial score (nSPS) is 15.1. The van der Waals surface area contributed by atoms with Crippen LogP contribution in [0.2, 0.25) is 0 Å². The van der Waals surface area contributed by atoms with Crippen LogP contribution in [-0.2, 0) is 19.1 Å². The molecular weight excluding hydrogens is 420 g/mol. The highest BCUT2D eigenvalue weighted by Gasteiger charge is 2.37. The summed E-state index contributed by atoms with van der Waals surface area (Å²) in [5.41, 5.74) is 4.78. The number of aryl methyl sites for hydroxylation is 1. The second kappa shape index (κ2) is 9.48. The van der Waals surface area contributed by atoms with Gasteiger partial charge in [0.05, 0.1) is 36.6 Å². The van der Waals surface area contributed by atoms with Crippen LogP contribution in [0.5, 0.6) is 0 Å². The average Bonchev–Trinajstić information content (AvgIpc) is 3.19. The largest absolute Gasteiger partial charge is 0.465 e. The summed E-state index contributed by atoms with van der Waals surface area (Å²) in [6, 6.07) is 9.12. The Balaban J connectivity index is 2.16. The first-order valence-corrected chi connectivity index (χ1v) is 10.8. The highest BCUT2D eigenvalue weighted by Crippen LogP contribution is 2.34. The van der Waals surface area contributed by atoms with Gasteiger partial charge < -0.3 is 18.9 Å². The number of amides is 1. The number of hydrogen-bond donors (Lipinski definition) is 0. The molecule has 0 N–H and O–H groups in total. The Labute approximate surface area is 194 Å². The van der Waals surface area contributed by atoms with Crippen LogP contribution in [-0.4, -0.2) is 48.1 Å². The average molecular weight is 451 g/mol. The van der Waals surface area contributed by atoms with E-state index >= 15 is 0 Å². The second-order valence-corrected chi connectivity index (χ2v) is 8.49. The Morgan fingerprint density at radius 2 is 1.67 bits per heavy atom. The van der Waals surface area contributed by atoms with Crippen molar-refractivity contribution in [2.24, 2.45) is 5.92 Å². The zero-order valence-electron chi connectivity index (χ0n) is 20.2. The van der Waals surface area contributed by atoms with Gasteiger partial charge in [0, 0.05) is 23.6 Å². The van der Waals surface area contributed by atoms with Crippen molar-refractivity contribution in [2.75, 3.05) is 20.8 Å². The fraction of sp³-hybridized carbons (Fsp3) is 0.346. The van der Waals surface area contributed by atoms with Crippen LogP contribution in [0.4, 0.5) is 0 Å². The number of rotatable bonds is 6. The van der Waals surface area contributed by atoms with E-state index in [1.165, 1.54) is 14.2 Å². The Morgan fingerprint density at radius 1 is 1.03 bits per heavy atom. The van der Waals surface area contributed by atoms with Gasteiger partial charge in [-0.3, -0.25) is 4.79 Å². The molecule has 33 heavy (non-hydrogen) atoms. The van der Waals surface area contributed by atoms with E-state index in [0.717, 1.165) is 17.0 Å². The van der Waals surface area contributed by atoms with Gasteiger partial charge in [-0.15, -0.1) is 0 Å². The minimum absolute atomic E-state index is 0.221. The van der Waals surface area contributed by atoms with E-state index < -0.39 is 11.9 Å². The summed E-state index contributed by atoms with van der Waals surface area (Å²) >= 11 is 0. The number of aromatic nitrogens is 1. The number of allylic oxidation sites excluding steroid dienone is 1. The molecule has 0 spiro atoms. The lowest BCUT2D eigenvalue weighted by atomic mass is 10.0. The van der Waals surface area contributed by atoms with Gasteiger partial charge in [0.15, 0.2) is 0 Å². The zero-order valence-corrected chi connectivity index (χ0v) is 20.2. The summed E-state index contributed by atoms with van der Waals surface area (Å²) in [7, 11) is 2.66. The Kier molecular flexibility index (Phi) is 6.91. The van der Waals surface area contributed by atoms with E-state index in [0.29, 0.717) is 29.1 Å². The van der Waals surface area contributed by atoms with Crippen LogP contribution in [0.3, 0.4) is 0 Å². The Hall–Kier alpha value is -3.61. The lowest BCUT2D eigenvalue weighted by Crippen LogP contribution is -2.28. The van der Waals surface area contributed by atoms with Crippen molar-refractivity contribution in [3.63, 3.8) is 0 Å². The summed E-state index contributed by atoms with van der Waals surface area (Å²) in [6.45, 7) is 10.1. The van der Waals surface area contributed by atoms with E-state index in [1.54, 1.807) is 30.0 Å². The van der Waals surface area contributed by atoms with Crippen molar-refractivity contribution in [3.05, 3.63) is 69.7 Å². The Morgan fingerprint density at radius 3 is 2.27 bits per heavy atom. The fourth-order valence-electron chi connectivity index (χ4n) is 4.22. The molecule has 1 aliphatic rings. The van der Waals surface area contributed by atoms with Crippen molar-refractivity contribution < 1.29 is 23.9 Å². The maximum absolute atomic E-state index is 13.3. The quantitative estimate of drug-likeness (QED) is 0.487. The third-order valence-corrected chi connectivity index (χ3v) is 5.77. The first-order chi connectivity index (χ1) is 15.6. The summed E-state index contributed by atoms with van der Waals surface area (Å²) in [4.78, 5) is 39.8. The minimum Gasteiger partial charge on any atom is -0.465 e. The predicted molar refractivity (Wildman–Crippen MR) is 126 cm³/mol. The molecule has 1 aliphatic heterocycles. The number of nitrogens with zero attached hydrogens (tertiary/aromatic N) is 2. The summed E-state index contributed by atoms with van der Waals surface area (Å²) in [5.74, 6) is -0.952. The molecule has 0 atom stereocenters. The number of carbonyl (C=O) groups excluding carboxylic acids is 3. The summed E-state index contributed by atoms with van der Waals surface area (Å²) < 4.78 is 11.9. The number of carbonyl (C=O) groups is 3. The maximum Gasteiger partial charge on any atom is 0.340 e. The minimum atomic E-state index is -0.539. The molecule has 2 heterocycles. The molecule has 0 fully saturated rings. The lowest BCUT2D eigenvalue weighted by molar-refractivity contribution is -0.136. The summed E-state index contributed by atoms with van der Waals surface area (Å²) in [5, 5.41) is 0. The molecule has 0 unspecified atom stereocenters. The standard InChI is InChI=1S/C26H30N2O5/c1-15(2)14-27-18(5)23(26(31)33-7)21(24(27)29)13-19-12-16(3)28(17(19)4)22-11-9-8-10-20(22)25(30)32-6/h8-13,15H,14H2,1-7H3/b21-13-. The van der Waals surface area contributed by atoms with Gasteiger partial charge >= 0.3 is 11.9 Å². The van der Waals surface area contributed by atoms with Gasteiger partial charge in [-0.25, -0.2) is 9.59 Å². The molecule has 7 heteroatoms. The predicted octanol–water partition coefficient (Wildman–Crippen LogP) is 4.21. The molecule has 174 valence electrons. The third kappa shape index (κ3) is 4.35. The van der Waals surface area contributed by atoms with Gasteiger partial charge in [-0.2, -0.15) is 0 Å². The van der Waals surface area contributed by atoms with Gasteiger partial charge in [-0.1, -0.05) is 26.0 Å². The highest BCUT2D eigenvalue weighted by molar-refractivity contribution is 6.16. The molecule has 1 aromatic heterocycles. The van der Waals surface area contributed by atoms with Gasteiger partial charge in [0.1, 0.15) is 0 Å². The smallest absolute Gasteiger partial charge is 0.340 e. The molecule has 3 rings (SSSR count). The van der Waals surface area contributed by atoms with Gasteiger partial charge in [0.25, 0.3) is 5.91 Å². The van der Waals surface area contributed by atoms with Crippen LogP contribution in [0, 0.1) is 19.8 Å². The summed E-state index contributed by atoms with van der Waals surface area (Å²) in [6.07, 6.45) is 1.73. The molecule has 1 amide bonds. The maximum atomic E-state index is 13.3. The number of hydrogen-bond acceptors (Lipinski definition) is 5. The van der Waals surface area contributed by atoms with Crippen molar-refractivity contribution in [3.8, 4) is 5.69 Å². The topological polar surface area (TPSA) is 77.8 Å². The van der Waals surface area contributed by atoms with Gasteiger partial charge in [-0.05, 0) is 56.5 Å². The SMILES string of the molecule is COC(=O)C1=C(C)N(CC(C)C)C(=O)/C1=C\c1cc(C)n(-c2ccccc2C(=O)OC)c1C. The number of ether oxygens (including phenoxy) is 2. The number of methoxy groups -OCH3 is 2. The molecule has 0 saturated carbocycles. The first-order valence-electron chi connectivity index (χ1n) is 10.8. The van der Waals surface area contributed by atoms with Gasteiger partial charge in [0.2, 0.25) is 0 Å². The van der Waals surface area contributed by atoms with Crippen LogP contribution < -0.4 is 0 Å². The number of benzene rings is 1. The van der Waals surface area contributed by atoms with Crippen molar-refractivity contribution in [2.45, 2.75) is 34.6 Å². The van der Waals surface area contributed by atoms with E-state index in [9.17, 15) is 14.4 Å². The molecule has 1 aromatic carbocycles. The fourth-order valence-corrected chi connectivity index (χ4v) is 4.22. The molecule has 0 saturated heterocycles. The van der Waals surface area contributed by atoms with Crippen LogP contribution in [0.15, 0.2) is 47.2 Å². The Bertz CT molecular complexity index is 1180. The molecule has 0 bridgehead atoms. The number of para-hydroxylation sites is 1. The van der Waals surface area contributed by atoms with Crippen molar-refractivity contribution in [1.82, 2.24) is 9.47 Å². The molecule has 2 aromatic rings. The van der Waals surface area contributed by atoms with E-state index in [-0.39, 0.29) is 17.4 Å². The van der Waals surface area contributed by atoms with E-state index in [1.807, 2.05) is 50.5 Å². The van der Waals surface area contributed by atoms with Crippen molar-refractivity contribution >= 4 is 23.9 Å². The number of esters is 2. The van der Waals surface area contributed by atoms with Crippen molar-refractivity contribution in [1.29, 1.82) is 0 Å². The third-order valence-electron chi connectivity index (χ3n) is 5.77. The first kappa shape index (κ1) is 24.0. The van der Waals surface area contributed by atoms with E-state index in [4.69, 9.17) is 9.47 Å². The molecular formula is C26H30N2O5. The van der Waals surface area contributed by atoms with E-state index in [2.05, 4.69) is 0 Å². The monoisotopic (exact) mass is 450 g/mol. The lowest BCUT2D eigenvalue weighted by Gasteiger charge is -2.19. The van der Waals surface area contributed by atoms with Crippen LogP contribution in [0.25, 0.3) is 11.8 Å². The second-order valence-electron chi connectivity index (χ2n) is 8.49. The van der Waals surface area contributed by atoms with Crippen LogP contribution >= 0.6 is 0 Å². The zero-order chi connectivity index (χ0) is 24.4. The molecule has 0 aliphatic carbocycles. The van der Waals surface area contributed by atoms with Crippen LogP contribution in [0.1, 0.15) is 48.1 Å². The molecule has 7 nitrogen and oxygen atoms in total. The molecule has 0 radical (unpaired) electrons. The highest BCUT2D eigenvalue weighted by atomic mass is 16.5.